The van der Waals surface area contributed by atoms with Gasteiger partial charge in [-0.3, -0.25) is 9.20 Å². The number of likely N-dealkylation sites (tertiary alicyclic amines) is 1. The van der Waals surface area contributed by atoms with Crippen molar-refractivity contribution in [1.29, 1.82) is 0 Å². The number of hydrogen-bond acceptors (Lipinski definition) is 4. The minimum absolute atomic E-state index is 0.132. The van der Waals surface area contributed by atoms with Gasteiger partial charge in [0.15, 0.2) is 0 Å². The zero-order valence-electron chi connectivity index (χ0n) is 18.5. The standard InChI is InChI=1S/C25H23F3N4OS/c1-16-29-22(23(34-16)17-8-3-2-4-9-17)24(33)31-13-6-5-10-19(31)14-18-15-32-20(25(26,27)28)11-7-12-21(32)30-18/h2-4,7-9,11-12,15,19H,5-6,10,13-14H2,1H3/t19-/m0/s1. The molecule has 1 saturated heterocycles. The highest BCUT2D eigenvalue weighted by atomic mass is 32.1. The number of aromatic nitrogens is 3. The number of fused-ring (bicyclic) bond motifs is 1. The molecule has 34 heavy (non-hydrogen) atoms. The number of rotatable bonds is 4. The first-order chi connectivity index (χ1) is 16.3. The SMILES string of the molecule is Cc1nc(C(=O)N2CCCC[C@H]2Cc2cn3c(C(F)(F)F)cccc3n2)c(-c2ccccc2)s1. The number of imidazole rings is 1. The number of amides is 1. The van der Waals surface area contributed by atoms with Gasteiger partial charge in [0.05, 0.1) is 15.6 Å². The molecule has 0 saturated carbocycles. The van der Waals surface area contributed by atoms with Crippen LogP contribution in [0.3, 0.4) is 0 Å². The van der Waals surface area contributed by atoms with Crippen molar-refractivity contribution < 1.29 is 18.0 Å². The molecule has 4 heterocycles. The van der Waals surface area contributed by atoms with Gasteiger partial charge in [0.2, 0.25) is 0 Å². The number of benzene rings is 1. The Kier molecular flexibility index (Phi) is 5.89. The summed E-state index contributed by atoms with van der Waals surface area (Å²) in [6.07, 6.45) is -0.0187. The predicted molar refractivity (Wildman–Crippen MR) is 125 cm³/mol. The lowest BCUT2D eigenvalue weighted by atomic mass is 9.97. The predicted octanol–water partition coefficient (Wildman–Crippen LogP) is 6.02. The summed E-state index contributed by atoms with van der Waals surface area (Å²) in [7, 11) is 0. The molecule has 1 aliphatic heterocycles. The summed E-state index contributed by atoms with van der Waals surface area (Å²) in [4.78, 5) is 25.3. The van der Waals surface area contributed by atoms with E-state index < -0.39 is 11.9 Å². The molecule has 1 aromatic carbocycles. The average Bonchev–Trinajstić information content (AvgIpc) is 3.41. The molecule has 0 unspecified atom stereocenters. The van der Waals surface area contributed by atoms with Gasteiger partial charge in [-0.05, 0) is 43.9 Å². The number of hydrogen-bond donors (Lipinski definition) is 0. The van der Waals surface area contributed by atoms with Crippen molar-refractivity contribution in [1.82, 2.24) is 19.3 Å². The summed E-state index contributed by atoms with van der Waals surface area (Å²) in [5, 5.41) is 0.816. The van der Waals surface area contributed by atoms with Crippen LogP contribution < -0.4 is 0 Å². The largest absolute Gasteiger partial charge is 0.431 e. The highest BCUT2D eigenvalue weighted by Gasteiger charge is 2.34. The summed E-state index contributed by atoms with van der Waals surface area (Å²) in [6, 6.07) is 13.5. The van der Waals surface area contributed by atoms with E-state index in [1.165, 1.54) is 23.6 Å². The Morgan fingerprint density at radius 3 is 2.65 bits per heavy atom. The van der Waals surface area contributed by atoms with Gasteiger partial charge < -0.3 is 4.90 Å². The van der Waals surface area contributed by atoms with Crippen LogP contribution in [0.2, 0.25) is 0 Å². The highest BCUT2D eigenvalue weighted by Crippen LogP contribution is 2.33. The molecule has 0 bridgehead atoms. The maximum absolute atomic E-state index is 13.7. The van der Waals surface area contributed by atoms with Gasteiger partial charge in [-0.2, -0.15) is 13.2 Å². The molecule has 1 aliphatic rings. The fraction of sp³-hybridized carbons (Fsp3) is 0.320. The number of piperidine rings is 1. The Bertz CT molecular complexity index is 1330. The van der Waals surface area contributed by atoms with Gasteiger partial charge in [-0.1, -0.05) is 36.4 Å². The normalized spacial score (nSPS) is 16.8. The van der Waals surface area contributed by atoms with Gasteiger partial charge >= 0.3 is 6.18 Å². The van der Waals surface area contributed by atoms with E-state index in [1.807, 2.05) is 42.2 Å². The molecule has 5 rings (SSSR count). The summed E-state index contributed by atoms with van der Waals surface area (Å²) in [6.45, 7) is 2.48. The van der Waals surface area contributed by atoms with Crippen molar-refractivity contribution >= 4 is 22.9 Å². The number of carbonyl (C=O) groups excluding carboxylic acids is 1. The molecular weight excluding hydrogens is 461 g/mol. The van der Waals surface area contributed by atoms with Gasteiger partial charge in [-0.25, -0.2) is 9.97 Å². The summed E-state index contributed by atoms with van der Waals surface area (Å²) in [5.74, 6) is -0.132. The number of alkyl halides is 3. The van der Waals surface area contributed by atoms with Crippen molar-refractivity contribution in [3.05, 3.63) is 76.8 Å². The van der Waals surface area contributed by atoms with Crippen LogP contribution in [0, 0.1) is 6.92 Å². The molecule has 4 aromatic rings. The number of pyridine rings is 1. The summed E-state index contributed by atoms with van der Waals surface area (Å²) < 4.78 is 41.3. The van der Waals surface area contributed by atoms with Crippen molar-refractivity contribution in [3.8, 4) is 10.4 Å². The zero-order valence-corrected chi connectivity index (χ0v) is 19.4. The van der Waals surface area contributed by atoms with E-state index in [4.69, 9.17) is 0 Å². The van der Waals surface area contributed by atoms with E-state index in [0.717, 1.165) is 45.2 Å². The van der Waals surface area contributed by atoms with Gasteiger partial charge in [0.1, 0.15) is 17.0 Å². The van der Waals surface area contributed by atoms with Crippen molar-refractivity contribution in [2.75, 3.05) is 6.54 Å². The Hall–Kier alpha value is -3.20. The summed E-state index contributed by atoms with van der Waals surface area (Å²) >= 11 is 1.49. The van der Waals surface area contributed by atoms with Crippen LogP contribution in [-0.2, 0) is 12.6 Å². The lowest BCUT2D eigenvalue weighted by Crippen LogP contribution is -2.45. The third-order valence-corrected chi connectivity index (χ3v) is 7.16. The van der Waals surface area contributed by atoms with Crippen molar-refractivity contribution in [2.45, 2.75) is 44.8 Å². The maximum Gasteiger partial charge on any atom is 0.431 e. The average molecular weight is 485 g/mol. The number of halogens is 3. The molecule has 176 valence electrons. The Balaban J connectivity index is 1.45. The van der Waals surface area contributed by atoms with Crippen LogP contribution >= 0.6 is 11.3 Å². The van der Waals surface area contributed by atoms with Gasteiger partial charge in [0.25, 0.3) is 5.91 Å². The van der Waals surface area contributed by atoms with E-state index in [0.29, 0.717) is 24.4 Å². The monoisotopic (exact) mass is 484 g/mol. The topological polar surface area (TPSA) is 50.5 Å². The third-order valence-electron chi connectivity index (χ3n) is 6.14. The van der Waals surface area contributed by atoms with Crippen LogP contribution in [0.1, 0.15) is 46.1 Å². The molecule has 9 heteroatoms. The number of carbonyl (C=O) groups is 1. The second-order valence-corrected chi connectivity index (χ2v) is 9.70. The van der Waals surface area contributed by atoms with E-state index in [9.17, 15) is 18.0 Å². The quantitative estimate of drug-likeness (QED) is 0.356. The van der Waals surface area contributed by atoms with Gasteiger partial charge in [0, 0.05) is 25.2 Å². The second kappa shape index (κ2) is 8.87. The smallest absolute Gasteiger partial charge is 0.334 e. The van der Waals surface area contributed by atoms with Crippen LogP contribution in [0.25, 0.3) is 16.1 Å². The Morgan fingerprint density at radius 2 is 1.88 bits per heavy atom. The molecule has 0 aliphatic carbocycles. The lowest BCUT2D eigenvalue weighted by molar-refractivity contribution is -0.142. The first-order valence-electron chi connectivity index (χ1n) is 11.2. The van der Waals surface area contributed by atoms with E-state index in [2.05, 4.69) is 9.97 Å². The fourth-order valence-electron chi connectivity index (χ4n) is 4.61. The highest BCUT2D eigenvalue weighted by molar-refractivity contribution is 7.15. The minimum atomic E-state index is -4.47. The molecule has 1 fully saturated rings. The van der Waals surface area contributed by atoms with E-state index in [-0.39, 0.29) is 17.6 Å². The second-order valence-electron chi connectivity index (χ2n) is 8.50. The van der Waals surface area contributed by atoms with Crippen LogP contribution in [0.15, 0.2) is 54.7 Å². The van der Waals surface area contributed by atoms with Crippen LogP contribution in [0.5, 0.6) is 0 Å². The molecule has 5 nitrogen and oxygen atoms in total. The first kappa shape index (κ1) is 22.6. The molecular formula is C25H23F3N4OS. The molecule has 1 atom stereocenters. The Labute approximate surface area is 198 Å². The Morgan fingerprint density at radius 1 is 1.09 bits per heavy atom. The zero-order chi connectivity index (χ0) is 23.9. The van der Waals surface area contributed by atoms with Crippen molar-refractivity contribution in [3.63, 3.8) is 0 Å². The number of thiazole rings is 1. The minimum Gasteiger partial charge on any atom is -0.334 e. The lowest BCUT2D eigenvalue weighted by Gasteiger charge is -2.35. The molecule has 3 aromatic heterocycles. The molecule has 0 spiro atoms. The van der Waals surface area contributed by atoms with Gasteiger partial charge in [-0.15, -0.1) is 11.3 Å². The molecule has 1 amide bonds. The first-order valence-corrected chi connectivity index (χ1v) is 12.0. The molecule has 0 radical (unpaired) electrons. The van der Waals surface area contributed by atoms with Crippen LogP contribution in [-0.4, -0.2) is 37.8 Å². The van der Waals surface area contributed by atoms with Crippen molar-refractivity contribution in [2.24, 2.45) is 0 Å². The fourth-order valence-corrected chi connectivity index (χ4v) is 5.52. The molecule has 0 N–H and O–H groups in total. The summed E-state index contributed by atoms with van der Waals surface area (Å²) in [5.41, 5.74) is 1.42. The van der Waals surface area contributed by atoms with E-state index in [1.54, 1.807) is 6.07 Å². The maximum atomic E-state index is 13.7. The van der Waals surface area contributed by atoms with Crippen LogP contribution in [0.4, 0.5) is 13.2 Å². The number of aryl methyl sites for hydroxylation is 1. The number of nitrogens with zero attached hydrogens (tertiary/aromatic N) is 4. The van der Waals surface area contributed by atoms with E-state index >= 15 is 0 Å². The third kappa shape index (κ3) is 4.32.